The fraction of sp³-hybridized carbons (Fsp3) is 0.400. The largest absolute Gasteiger partial charge is 0.462 e. The molecule has 2 unspecified atom stereocenters. The number of aliphatic hydroxyl groups is 1. The van der Waals surface area contributed by atoms with Crippen LogP contribution in [-0.4, -0.2) is 31.0 Å². The van der Waals surface area contributed by atoms with E-state index in [0.717, 1.165) is 0 Å². The molecule has 0 aromatic heterocycles. The second kappa shape index (κ2) is 6.10. The van der Waals surface area contributed by atoms with Crippen LogP contribution in [0, 0.1) is 4.91 Å². The van der Waals surface area contributed by atoms with Crippen LogP contribution in [0.3, 0.4) is 0 Å². The Labute approximate surface area is 88.0 Å². The first-order valence-corrected chi connectivity index (χ1v) is 4.64. The minimum Gasteiger partial charge on any atom is -0.462 e. The molecule has 0 heterocycles. The summed E-state index contributed by atoms with van der Waals surface area (Å²) in [6.07, 6.45) is -2.03. The van der Waals surface area contributed by atoms with Gasteiger partial charge >= 0.3 is 0 Å². The van der Waals surface area contributed by atoms with Gasteiger partial charge in [0.1, 0.15) is 11.9 Å². The summed E-state index contributed by atoms with van der Waals surface area (Å²) in [5.74, 6) is 0.511. The van der Waals surface area contributed by atoms with E-state index in [4.69, 9.17) is 4.74 Å². The fourth-order valence-corrected chi connectivity index (χ4v) is 1.12. The lowest BCUT2D eigenvalue weighted by atomic mass is 10.3. The third kappa shape index (κ3) is 3.65. The molecule has 0 amide bonds. The summed E-state index contributed by atoms with van der Waals surface area (Å²) < 4.78 is 5.21. The van der Waals surface area contributed by atoms with E-state index in [2.05, 4.69) is 10.5 Å². The molecular weight excluding hydrogens is 196 g/mol. The van der Waals surface area contributed by atoms with Crippen LogP contribution in [0.1, 0.15) is 0 Å². The Bertz CT molecular complexity index is 292. The molecule has 0 spiro atoms. The standard InChI is InChI=1S/C10H14N2O3/c1-11-7-9(13)10(12-14)15-8-5-3-2-4-6-8/h2-6,9-11,13H,7H2,1H3. The minimum absolute atomic E-state index is 0.253. The number of hydrogen-bond acceptors (Lipinski definition) is 5. The molecule has 1 rings (SSSR count). The quantitative estimate of drug-likeness (QED) is 0.679. The van der Waals surface area contributed by atoms with E-state index in [9.17, 15) is 10.0 Å². The minimum atomic E-state index is -1.08. The van der Waals surface area contributed by atoms with Crippen molar-refractivity contribution in [2.75, 3.05) is 13.6 Å². The van der Waals surface area contributed by atoms with Crippen LogP contribution >= 0.6 is 0 Å². The Hall–Kier alpha value is -1.46. The van der Waals surface area contributed by atoms with Crippen molar-refractivity contribution >= 4 is 0 Å². The number of nitrogens with zero attached hydrogens (tertiary/aromatic N) is 1. The second-order valence-electron chi connectivity index (χ2n) is 3.05. The fourth-order valence-electron chi connectivity index (χ4n) is 1.12. The van der Waals surface area contributed by atoms with Crippen molar-refractivity contribution in [3.05, 3.63) is 35.2 Å². The van der Waals surface area contributed by atoms with Gasteiger partial charge in [-0.1, -0.05) is 18.2 Å². The monoisotopic (exact) mass is 210 g/mol. The zero-order valence-corrected chi connectivity index (χ0v) is 8.46. The second-order valence-corrected chi connectivity index (χ2v) is 3.05. The van der Waals surface area contributed by atoms with Crippen molar-refractivity contribution in [2.24, 2.45) is 5.18 Å². The molecule has 2 N–H and O–H groups in total. The zero-order chi connectivity index (χ0) is 11.1. The molecule has 1 aromatic rings. The van der Waals surface area contributed by atoms with E-state index in [1.165, 1.54) is 0 Å². The topological polar surface area (TPSA) is 70.9 Å². The van der Waals surface area contributed by atoms with Crippen molar-refractivity contribution in [2.45, 2.75) is 12.3 Å². The van der Waals surface area contributed by atoms with Crippen LogP contribution in [0.5, 0.6) is 5.75 Å². The van der Waals surface area contributed by atoms with Gasteiger partial charge in [-0.05, 0) is 24.4 Å². The van der Waals surface area contributed by atoms with Gasteiger partial charge in [0, 0.05) is 6.54 Å². The third-order valence-electron chi connectivity index (χ3n) is 1.85. The first-order valence-electron chi connectivity index (χ1n) is 4.64. The number of rotatable bonds is 6. The lowest BCUT2D eigenvalue weighted by molar-refractivity contribution is 0.0422. The molecule has 5 heteroatoms. The van der Waals surface area contributed by atoms with Gasteiger partial charge in [-0.2, -0.15) is 0 Å². The maximum Gasteiger partial charge on any atom is 0.256 e. The molecule has 5 nitrogen and oxygen atoms in total. The van der Waals surface area contributed by atoms with Gasteiger partial charge in [-0.15, -0.1) is 4.91 Å². The van der Waals surface area contributed by atoms with Crippen LogP contribution in [0.4, 0.5) is 0 Å². The summed E-state index contributed by atoms with van der Waals surface area (Å²) in [7, 11) is 1.67. The highest BCUT2D eigenvalue weighted by molar-refractivity contribution is 5.21. The Morgan fingerprint density at radius 3 is 2.67 bits per heavy atom. The average Bonchev–Trinajstić information content (AvgIpc) is 2.27. The van der Waals surface area contributed by atoms with E-state index in [0.29, 0.717) is 5.75 Å². The predicted octanol–water partition coefficient (Wildman–Crippen LogP) is 0.738. The number of nitroso groups, excluding NO2 is 1. The summed E-state index contributed by atoms with van der Waals surface area (Å²) in [5, 5.41) is 15.0. The van der Waals surface area contributed by atoms with E-state index in [-0.39, 0.29) is 6.54 Å². The number of likely N-dealkylation sites (N-methyl/N-ethyl adjacent to an activating group) is 1. The van der Waals surface area contributed by atoms with Crippen LogP contribution in [0.25, 0.3) is 0 Å². The molecule has 0 fully saturated rings. The molecule has 82 valence electrons. The van der Waals surface area contributed by atoms with Gasteiger partial charge in [0.15, 0.2) is 0 Å². The van der Waals surface area contributed by atoms with Crippen LogP contribution in [0.2, 0.25) is 0 Å². The van der Waals surface area contributed by atoms with Crippen LogP contribution in [0.15, 0.2) is 35.5 Å². The Balaban J connectivity index is 2.57. The first kappa shape index (κ1) is 11.6. The van der Waals surface area contributed by atoms with Gasteiger partial charge in [0.05, 0.1) is 0 Å². The smallest absolute Gasteiger partial charge is 0.256 e. The number of aliphatic hydroxyl groups excluding tert-OH is 1. The molecule has 0 bridgehead atoms. The van der Waals surface area contributed by atoms with Gasteiger partial charge in [-0.25, -0.2) is 0 Å². The molecule has 0 saturated heterocycles. The van der Waals surface area contributed by atoms with Gasteiger partial charge in [0.25, 0.3) is 6.23 Å². The van der Waals surface area contributed by atoms with Crippen molar-refractivity contribution in [3.8, 4) is 5.75 Å². The molecule has 0 aliphatic heterocycles. The van der Waals surface area contributed by atoms with Gasteiger partial charge in [0.2, 0.25) is 0 Å². The maximum atomic E-state index is 10.5. The van der Waals surface area contributed by atoms with Crippen molar-refractivity contribution in [3.63, 3.8) is 0 Å². The van der Waals surface area contributed by atoms with E-state index in [1.807, 2.05) is 6.07 Å². The molecule has 15 heavy (non-hydrogen) atoms. The number of ether oxygens (including phenoxy) is 1. The van der Waals surface area contributed by atoms with Gasteiger partial charge < -0.3 is 15.2 Å². The molecule has 2 atom stereocenters. The number of para-hydroxylation sites is 1. The van der Waals surface area contributed by atoms with Crippen LogP contribution < -0.4 is 10.1 Å². The Kier molecular flexibility index (Phi) is 4.73. The third-order valence-corrected chi connectivity index (χ3v) is 1.85. The maximum absolute atomic E-state index is 10.5. The van der Waals surface area contributed by atoms with Crippen molar-refractivity contribution < 1.29 is 9.84 Å². The lowest BCUT2D eigenvalue weighted by Gasteiger charge is -2.17. The number of nitrogens with one attached hydrogen (secondary N) is 1. The number of hydrogen-bond donors (Lipinski definition) is 2. The SMILES string of the molecule is CNCC(O)C(N=O)Oc1ccccc1. The number of benzene rings is 1. The summed E-state index contributed by atoms with van der Waals surface area (Å²) in [5.41, 5.74) is 0. The van der Waals surface area contributed by atoms with Gasteiger partial charge in [-0.3, -0.25) is 0 Å². The summed E-state index contributed by atoms with van der Waals surface area (Å²) in [6, 6.07) is 8.79. The average molecular weight is 210 g/mol. The molecule has 0 saturated carbocycles. The summed E-state index contributed by atoms with van der Waals surface area (Å²) in [4.78, 5) is 10.5. The van der Waals surface area contributed by atoms with E-state index >= 15 is 0 Å². The normalized spacial score (nSPS) is 14.3. The summed E-state index contributed by atoms with van der Waals surface area (Å²) in [6.45, 7) is 0.253. The summed E-state index contributed by atoms with van der Waals surface area (Å²) >= 11 is 0. The Morgan fingerprint density at radius 2 is 2.13 bits per heavy atom. The first-order chi connectivity index (χ1) is 7.27. The Morgan fingerprint density at radius 1 is 1.47 bits per heavy atom. The van der Waals surface area contributed by atoms with Crippen LogP contribution in [-0.2, 0) is 0 Å². The molecular formula is C10H14N2O3. The highest BCUT2D eigenvalue weighted by Gasteiger charge is 2.20. The molecule has 0 radical (unpaired) electrons. The predicted molar refractivity (Wildman–Crippen MR) is 56.6 cm³/mol. The highest BCUT2D eigenvalue weighted by atomic mass is 16.5. The lowest BCUT2D eigenvalue weighted by Crippen LogP contribution is -2.37. The molecule has 0 aliphatic rings. The molecule has 0 aliphatic carbocycles. The van der Waals surface area contributed by atoms with Crippen molar-refractivity contribution in [1.82, 2.24) is 5.32 Å². The van der Waals surface area contributed by atoms with Crippen molar-refractivity contribution in [1.29, 1.82) is 0 Å². The highest BCUT2D eigenvalue weighted by Crippen LogP contribution is 2.13. The van der Waals surface area contributed by atoms with E-state index < -0.39 is 12.3 Å². The zero-order valence-electron chi connectivity index (χ0n) is 8.46. The van der Waals surface area contributed by atoms with E-state index in [1.54, 1.807) is 31.3 Å². The molecule has 1 aromatic carbocycles.